The van der Waals surface area contributed by atoms with Gasteiger partial charge in [-0.05, 0) is 63.5 Å². The molecule has 4 rings (SSSR count). The van der Waals surface area contributed by atoms with Gasteiger partial charge in [0.25, 0.3) is 0 Å². The van der Waals surface area contributed by atoms with Gasteiger partial charge >= 0.3 is 6.03 Å². The average molecular weight is 403 g/mol. The number of nitrogens with zero attached hydrogens (tertiary/aromatic N) is 3. The number of benzene rings is 1. The number of halogens is 1. The number of amides is 2. The first-order valence-corrected chi connectivity index (χ1v) is 10.8. The van der Waals surface area contributed by atoms with Gasteiger partial charge in [-0.1, -0.05) is 25.4 Å². The van der Waals surface area contributed by atoms with Gasteiger partial charge in [0.15, 0.2) is 0 Å². The Bertz CT molecular complexity index is 821. The van der Waals surface area contributed by atoms with Crippen molar-refractivity contribution < 1.29 is 4.79 Å². The van der Waals surface area contributed by atoms with E-state index in [9.17, 15) is 4.79 Å². The number of hydrogen-bond donors (Lipinski definition) is 1. The van der Waals surface area contributed by atoms with Crippen LogP contribution < -0.4 is 10.2 Å². The SMILES string of the molecule is CCC(CC)N1CCN2C(=O)N(c3ccc(Cl)cc3C)C3NC(C)=CC1C32C. The molecule has 5 nitrogen and oxygen atoms in total. The Hall–Kier alpha value is -1.72. The van der Waals surface area contributed by atoms with Gasteiger partial charge in [-0.3, -0.25) is 9.80 Å². The molecule has 3 heterocycles. The minimum atomic E-state index is -0.316. The summed E-state index contributed by atoms with van der Waals surface area (Å²) in [5.41, 5.74) is 2.78. The first-order valence-electron chi connectivity index (χ1n) is 10.4. The van der Waals surface area contributed by atoms with Gasteiger partial charge in [0, 0.05) is 29.9 Å². The first kappa shape index (κ1) is 19.6. The molecule has 152 valence electrons. The number of hydrogen-bond acceptors (Lipinski definition) is 3. The van der Waals surface area contributed by atoms with E-state index in [1.165, 1.54) is 0 Å². The molecule has 0 aliphatic carbocycles. The molecule has 3 aliphatic rings. The van der Waals surface area contributed by atoms with Crippen molar-refractivity contribution in [1.82, 2.24) is 15.1 Å². The van der Waals surface area contributed by atoms with Crippen molar-refractivity contribution in [1.29, 1.82) is 0 Å². The van der Waals surface area contributed by atoms with Crippen LogP contribution in [0.4, 0.5) is 10.5 Å². The lowest BCUT2D eigenvalue weighted by Gasteiger charge is -2.55. The highest BCUT2D eigenvalue weighted by molar-refractivity contribution is 6.30. The Kier molecular flexibility index (Phi) is 4.87. The van der Waals surface area contributed by atoms with E-state index in [1.807, 2.05) is 30.0 Å². The molecule has 2 amide bonds. The third-order valence-electron chi connectivity index (χ3n) is 6.97. The molecule has 1 aromatic carbocycles. The van der Waals surface area contributed by atoms with Gasteiger partial charge in [0.05, 0.1) is 11.7 Å². The molecule has 0 bridgehead atoms. The monoisotopic (exact) mass is 402 g/mol. The largest absolute Gasteiger partial charge is 0.367 e. The van der Waals surface area contributed by atoms with Crippen molar-refractivity contribution >= 4 is 23.3 Å². The van der Waals surface area contributed by atoms with Gasteiger partial charge in [0.1, 0.15) is 11.7 Å². The number of aryl methyl sites for hydroxylation is 1. The summed E-state index contributed by atoms with van der Waals surface area (Å²) in [7, 11) is 0. The Morgan fingerprint density at radius 2 is 1.96 bits per heavy atom. The first-order chi connectivity index (χ1) is 13.3. The molecular weight excluding hydrogens is 372 g/mol. The zero-order valence-corrected chi connectivity index (χ0v) is 18.3. The third-order valence-corrected chi connectivity index (χ3v) is 7.21. The summed E-state index contributed by atoms with van der Waals surface area (Å²) < 4.78 is 0. The van der Waals surface area contributed by atoms with Gasteiger partial charge in [0.2, 0.25) is 0 Å². The smallest absolute Gasteiger partial charge is 0.326 e. The van der Waals surface area contributed by atoms with Crippen molar-refractivity contribution in [2.45, 2.75) is 71.2 Å². The van der Waals surface area contributed by atoms with Crippen LogP contribution in [0.5, 0.6) is 0 Å². The van der Waals surface area contributed by atoms with Crippen LogP contribution >= 0.6 is 11.6 Å². The fraction of sp³-hybridized carbons (Fsp3) is 0.591. The summed E-state index contributed by atoms with van der Waals surface area (Å²) in [5, 5.41) is 4.33. The highest BCUT2D eigenvalue weighted by Gasteiger charge is 2.63. The zero-order chi connectivity index (χ0) is 20.2. The number of allylic oxidation sites excluding steroid dienone is 1. The highest BCUT2D eigenvalue weighted by atomic mass is 35.5. The molecule has 2 saturated heterocycles. The summed E-state index contributed by atoms with van der Waals surface area (Å²) in [6.07, 6.45) is 4.48. The van der Waals surface area contributed by atoms with Crippen molar-refractivity contribution in [3.8, 4) is 0 Å². The molecule has 1 N–H and O–H groups in total. The zero-order valence-electron chi connectivity index (χ0n) is 17.5. The van der Waals surface area contributed by atoms with Crippen LogP contribution in [-0.4, -0.2) is 52.7 Å². The topological polar surface area (TPSA) is 38.8 Å². The molecular formula is C22H31ClN4O. The van der Waals surface area contributed by atoms with Gasteiger partial charge in [-0.15, -0.1) is 0 Å². The second-order valence-corrected chi connectivity index (χ2v) is 8.95. The third kappa shape index (κ3) is 2.66. The number of urea groups is 1. The van der Waals surface area contributed by atoms with E-state index in [-0.39, 0.29) is 23.8 Å². The Balaban J connectivity index is 1.81. The molecule has 28 heavy (non-hydrogen) atoms. The molecule has 0 aromatic heterocycles. The molecule has 2 fully saturated rings. The number of carbonyl (C=O) groups is 1. The van der Waals surface area contributed by atoms with Crippen molar-refractivity contribution in [2.24, 2.45) is 0 Å². The van der Waals surface area contributed by atoms with Crippen LogP contribution in [0.15, 0.2) is 30.0 Å². The van der Waals surface area contributed by atoms with Crippen LogP contribution in [0.25, 0.3) is 0 Å². The van der Waals surface area contributed by atoms with E-state index in [1.54, 1.807) is 0 Å². The van der Waals surface area contributed by atoms with Crippen molar-refractivity contribution in [3.05, 3.63) is 40.6 Å². The number of rotatable bonds is 4. The number of carbonyl (C=O) groups excluding carboxylic acids is 1. The maximum absolute atomic E-state index is 13.6. The summed E-state index contributed by atoms with van der Waals surface area (Å²) in [6.45, 7) is 12.6. The van der Waals surface area contributed by atoms with Crippen LogP contribution in [0.2, 0.25) is 5.02 Å². The van der Waals surface area contributed by atoms with Crippen LogP contribution in [0, 0.1) is 6.92 Å². The van der Waals surface area contributed by atoms with E-state index >= 15 is 0 Å². The molecule has 3 atom stereocenters. The quantitative estimate of drug-likeness (QED) is 0.813. The average Bonchev–Trinajstić information content (AvgIpc) is 2.86. The number of piperazine rings is 1. The predicted octanol–water partition coefficient (Wildman–Crippen LogP) is 4.36. The number of anilines is 1. The minimum absolute atomic E-state index is 0.0859. The predicted molar refractivity (Wildman–Crippen MR) is 115 cm³/mol. The van der Waals surface area contributed by atoms with E-state index in [2.05, 4.69) is 48.9 Å². The van der Waals surface area contributed by atoms with Crippen LogP contribution in [-0.2, 0) is 0 Å². The van der Waals surface area contributed by atoms with E-state index < -0.39 is 0 Å². The van der Waals surface area contributed by atoms with Crippen LogP contribution in [0.3, 0.4) is 0 Å². The lowest BCUT2D eigenvalue weighted by molar-refractivity contribution is -0.0214. The van der Waals surface area contributed by atoms with E-state index in [0.29, 0.717) is 11.1 Å². The summed E-state index contributed by atoms with van der Waals surface area (Å²) in [6, 6.07) is 6.61. The van der Waals surface area contributed by atoms with Crippen molar-refractivity contribution in [2.75, 3.05) is 18.0 Å². The second kappa shape index (κ2) is 6.96. The molecule has 1 aromatic rings. The molecule has 0 radical (unpaired) electrons. The minimum Gasteiger partial charge on any atom is -0.367 e. The van der Waals surface area contributed by atoms with E-state index in [0.717, 1.165) is 42.9 Å². The van der Waals surface area contributed by atoms with E-state index in [4.69, 9.17) is 11.6 Å². The fourth-order valence-corrected chi connectivity index (χ4v) is 5.70. The fourth-order valence-electron chi connectivity index (χ4n) is 5.48. The summed E-state index contributed by atoms with van der Waals surface area (Å²) in [5.74, 6) is 0. The van der Waals surface area contributed by atoms with Crippen molar-refractivity contribution in [3.63, 3.8) is 0 Å². The normalized spacial score (nSPS) is 29.8. The molecule has 6 heteroatoms. The van der Waals surface area contributed by atoms with Gasteiger partial charge < -0.3 is 10.2 Å². The maximum atomic E-state index is 13.6. The number of nitrogens with one attached hydrogen (secondary N) is 1. The highest BCUT2D eigenvalue weighted by Crippen LogP contribution is 2.45. The summed E-state index contributed by atoms with van der Waals surface area (Å²) >= 11 is 6.18. The summed E-state index contributed by atoms with van der Waals surface area (Å²) in [4.78, 5) is 20.2. The molecule has 3 aliphatic heterocycles. The Morgan fingerprint density at radius 3 is 2.61 bits per heavy atom. The second-order valence-electron chi connectivity index (χ2n) is 8.51. The lowest BCUT2D eigenvalue weighted by atomic mass is 9.80. The lowest BCUT2D eigenvalue weighted by Crippen LogP contribution is -2.73. The Labute approximate surface area is 173 Å². The molecule has 0 spiro atoms. The molecule has 3 unspecified atom stereocenters. The van der Waals surface area contributed by atoms with Crippen LogP contribution in [0.1, 0.15) is 46.1 Å². The van der Waals surface area contributed by atoms with Gasteiger partial charge in [-0.25, -0.2) is 4.79 Å². The Morgan fingerprint density at radius 1 is 1.25 bits per heavy atom. The maximum Gasteiger partial charge on any atom is 0.326 e. The van der Waals surface area contributed by atoms with Gasteiger partial charge in [-0.2, -0.15) is 0 Å². The standard InChI is InChI=1S/C22H31ClN4O/c1-6-17(7-2)25-10-11-26-21(28)27(18-9-8-16(23)12-14(18)3)20-22(26,5)19(25)13-15(4)24-20/h8-9,12-13,17,19-20,24H,6-7,10-11H2,1-5H3. The molecule has 0 saturated carbocycles.